The number of hydrogen-bond donors (Lipinski definition) is 1. The highest BCUT2D eigenvalue weighted by Crippen LogP contribution is 2.31. The van der Waals surface area contributed by atoms with Crippen molar-refractivity contribution in [3.05, 3.63) is 35.4 Å². The Morgan fingerprint density at radius 2 is 2.00 bits per heavy atom. The maximum absolute atomic E-state index is 3.76. The van der Waals surface area contributed by atoms with E-state index in [9.17, 15) is 0 Å². The number of rotatable bonds is 2. The van der Waals surface area contributed by atoms with Gasteiger partial charge < -0.3 is 5.32 Å². The summed E-state index contributed by atoms with van der Waals surface area (Å²) < 4.78 is 0. The van der Waals surface area contributed by atoms with Crippen molar-refractivity contribution in [2.24, 2.45) is 5.41 Å². The Kier molecular flexibility index (Phi) is 4.13. The molecule has 1 unspecified atom stereocenters. The average Bonchev–Trinajstić information content (AvgIpc) is 2.62. The van der Waals surface area contributed by atoms with Crippen molar-refractivity contribution in [3.63, 3.8) is 0 Å². The maximum atomic E-state index is 3.76. The van der Waals surface area contributed by atoms with Crippen LogP contribution in [0, 0.1) is 5.41 Å². The van der Waals surface area contributed by atoms with Crippen LogP contribution in [0.2, 0.25) is 0 Å². The third-order valence-electron chi connectivity index (χ3n) is 5.21. The summed E-state index contributed by atoms with van der Waals surface area (Å²) in [6, 6.07) is 9.63. The van der Waals surface area contributed by atoms with E-state index in [1.54, 1.807) is 11.1 Å². The van der Waals surface area contributed by atoms with E-state index in [4.69, 9.17) is 0 Å². The van der Waals surface area contributed by atoms with Crippen molar-refractivity contribution in [1.82, 2.24) is 10.2 Å². The fraction of sp³-hybridized carbons (Fsp3) is 0.667. The van der Waals surface area contributed by atoms with Crippen LogP contribution < -0.4 is 5.32 Å². The zero-order valence-electron chi connectivity index (χ0n) is 13.0. The van der Waals surface area contributed by atoms with Crippen molar-refractivity contribution in [2.75, 3.05) is 19.6 Å². The number of hydrogen-bond acceptors (Lipinski definition) is 2. The molecular formula is C18H28N2. The standard InChI is InChI=1S/C18H28N2/c1-18(2)10-6-11-19-17(18)14-20-12-5-9-15-7-3-4-8-16(15)13-20/h3-4,7-8,17,19H,5-6,9-14H2,1-2H3. The van der Waals surface area contributed by atoms with Crippen LogP contribution >= 0.6 is 0 Å². The summed E-state index contributed by atoms with van der Waals surface area (Å²) >= 11 is 0. The molecule has 3 rings (SSSR count). The smallest absolute Gasteiger partial charge is 0.0246 e. The summed E-state index contributed by atoms with van der Waals surface area (Å²) in [5, 5.41) is 3.76. The van der Waals surface area contributed by atoms with E-state index in [-0.39, 0.29) is 0 Å². The van der Waals surface area contributed by atoms with Crippen LogP contribution in [0.5, 0.6) is 0 Å². The molecule has 1 N–H and O–H groups in total. The lowest BCUT2D eigenvalue weighted by molar-refractivity contribution is 0.123. The Bertz CT molecular complexity index is 452. The predicted octanol–water partition coefficient (Wildman–Crippen LogP) is 3.21. The lowest BCUT2D eigenvalue weighted by Crippen LogP contribution is -2.52. The molecule has 1 aromatic carbocycles. The van der Waals surface area contributed by atoms with Gasteiger partial charge in [0.1, 0.15) is 0 Å². The number of nitrogens with zero attached hydrogens (tertiary/aromatic N) is 1. The van der Waals surface area contributed by atoms with E-state index in [2.05, 4.69) is 48.3 Å². The van der Waals surface area contributed by atoms with Crippen molar-refractivity contribution in [2.45, 2.75) is 52.1 Å². The predicted molar refractivity (Wildman–Crippen MR) is 84.8 cm³/mol. The van der Waals surface area contributed by atoms with Crippen LogP contribution in [0.25, 0.3) is 0 Å². The topological polar surface area (TPSA) is 15.3 Å². The van der Waals surface area contributed by atoms with E-state index >= 15 is 0 Å². The molecule has 2 heteroatoms. The van der Waals surface area contributed by atoms with Crippen LogP contribution in [0.3, 0.4) is 0 Å². The first-order valence-electron chi connectivity index (χ1n) is 8.18. The monoisotopic (exact) mass is 272 g/mol. The SMILES string of the molecule is CC1(C)CCCNC1CN1CCCc2ccccc2C1. The molecule has 20 heavy (non-hydrogen) atoms. The largest absolute Gasteiger partial charge is 0.312 e. The lowest BCUT2D eigenvalue weighted by Gasteiger charge is -2.42. The molecule has 0 aromatic heterocycles. The quantitative estimate of drug-likeness (QED) is 0.889. The number of nitrogens with one attached hydrogen (secondary N) is 1. The van der Waals surface area contributed by atoms with E-state index in [1.165, 1.54) is 45.3 Å². The second kappa shape index (κ2) is 5.87. The van der Waals surface area contributed by atoms with Gasteiger partial charge in [0.2, 0.25) is 0 Å². The zero-order valence-corrected chi connectivity index (χ0v) is 13.0. The molecule has 0 radical (unpaired) electrons. The van der Waals surface area contributed by atoms with Crippen molar-refractivity contribution < 1.29 is 0 Å². The molecule has 2 nitrogen and oxygen atoms in total. The molecule has 2 aliphatic heterocycles. The Labute approximate surface area is 123 Å². The molecular weight excluding hydrogens is 244 g/mol. The molecule has 0 spiro atoms. The zero-order chi connectivity index (χ0) is 14.0. The van der Waals surface area contributed by atoms with E-state index in [0.29, 0.717) is 11.5 Å². The Morgan fingerprint density at radius 1 is 1.20 bits per heavy atom. The first kappa shape index (κ1) is 14.1. The van der Waals surface area contributed by atoms with Crippen LogP contribution in [0.1, 0.15) is 44.2 Å². The minimum Gasteiger partial charge on any atom is -0.312 e. The highest BCUT2D eigenvalue weighted by Gasteiger charge is 2.33. The van der Waals surface area contributed by atoms with Crippen molar-refractivity contribution in [1.29, 1.82) is 0 Å². The fourth-order valence-electron chi connectivity index (χ4n) is 3.77. The molecule has 1 saturated heterocycles. The van der Waals surface area contributed by atoms with Gasteiger partial charge in [0.15, 0.2) is 0 Å². The minimum absolute atomic E-state index is 0.435. The van der Waals surface area contributed by atoms with Gasteiger partial charge in [-0.3, -0.25) is 4.90 Å². The minimum atomic E-state index is 0.435. The number of piperidine rings is 1. The Hall–Kier alpha value is -0.860. The summed E-state index contributed by atoms with van der Waals surface area (Å²) in [5.41, 5.74) is 3.54. The van der Waals surface area contributed by atoms with Gasteiger partial charge in [-0.05, 0) is 55.3 Å². The van der Waals surface area contributed by atoms with Gasteiger partial charge in [0.05, 0.1) is 0 Å². The lowest BCUT2D eigenvalue weighted by atomic mass is 9.77. The van der Waals surface area contributed by atoms with Gasteiger partial charge in [0.25, 0.3) is 0 Å². The molecule has 0 saturated carbocycles. The van der Waals surface area contributed by atoms with Crippen molar-refractivity contribution in [3.8, 4) is 0 Å². The maximum Gasteiger partial charge on any atom is 0.0246 e. The second-order valence-electron chi connectivity index (χ2n) is 7.21. The van der Waals surface area contributed by atoms with Gasteiger partial charge in [-0.2, -0.15) is 0 Å². The van der Waals surface area contributed by atoms with Gasteiger partial charge in [-0.25, -0.2) is 0 Å². The molecule has 1 atom stereocenters. The molecule has 1 aromatic rings. The number of fused-ring (bicyclic) bond motifs is 1. The molecule has 0 aliphatic carbocycles. The van der Waals surface area contributed by atoms with Crippen molar-refractivity contribution >= 4 is 0 Å². The highest BCUT2D eigenvalue weighted by molar-refractivity contribution is 5.28. The third kappa shape index (κ3) is 3.07. The molecule has 1 fully saturated rings. The van der Waals surface area contributed by atoms with Crippen LogP contribution in [-0.4, -0.2) is 30.6 Å². The summed E-state index contributed by atoms with van der Waals surface area (Å²) in [7, 11) is 0. The van der Waals surface area contributed by atoms with Crippen LogP contribution in [-0.2, 0) is 13.0 Å². The Balaban J connectivity index is 1.69. The third-order valence-corrected chi connectivity index (χ3v) is 5.21. The fourth-order valence-corrected chi connectivity index (χ4v) is 3.77. The summed E-state index contributed by atoms with van der Waals surface area (Å²) in [5.74, 6) is 0. The van der Waals surface area contributed by atoms with Gasteiger partial charge in [-0.1, -0.05) is 38.1 Å². The molecule has 2 aliphatic rings. The second-order valence-corrected chi connectivity index (χ2v) is 7.21. The van der Waals surface area contributed by atoms with E-state index in [0.717, 1.165) is 6.54 Å². The van der Waals surface area contributed by atoms with Gasteiger partial charge in [-0.15, -0.1) is 0 Å². The summed E-state index contributed by atoms with van der Waals surface area (Å²) in [6.07, 6.45) is 5.22. The molecule has 110 valence electrons. The number of benzene rings is 1. The number of aryl methyl sites for hydroxylation is 1. The molecule has 0 amide bonds. The van der Waals surface area contributed by atoms with Gasteiger partial charge >= 0.3 is 0 Å². The highest BCUT2D eigenvalue weighted by atomic mass is 15.2. The summed E-state index contributed by atoms with van der Waals surface area (Å²) in [6.45, 7) is 9.61. The molecule has 2 heterocycles. The summed E-state index contributed by atoms with van der Waals surface area (Å²) in [4.78, 5) is 2.66. The molecule has 0 bridgehead atoms. The average molecular weight is 272 g/mol. The Morgan fingerprint density at radius 3 is 2.80 bits per heavy atom. The first-order chi connectivity index (χ1) is 9.65. The van der Waals surface area contributed by atoms with Crippen LogP contribution in [0.4, 0.5) is 0 Å². The van der Waals surface area contributed by atoms with E-state index in [1.807, 2.05) is 0 Å². The first-order valence-corrected chi connectivity index (χ1v) is 8.18. The normalized spacial score (nSPS) is 26.8. The van der Waals surface area contributed by atoms with E-state index < -0.39 is 0 Å². The van der Waals surface area contributed by atoms with Gasteiger partial charge in [0, 0.05) is 19.1 Å². The van der Waals surface area contributed by atoms with Crippen LogP contribution in [0.15, 0.2) is 24.3 Å².